The molecule has 1 aromatic carbocycles. The number of nitrogens with two attached hydrogens (primary N) is 1. The molecular weight excluding hydrogens is 218 g/mol. The van der Waals surface area contributed by atoms with Gasteiger partial charge < -0.3 is 5.73 Å². The van der Waals surface area contributed by atoms with Crippen LogP contribution in [0.2, 0.25) is 0 Å². The molecule has 18 heavy (non-hydrogen) atoms. The Morgan fingerprint density at radius 3 is 2.22 bits per heavy atom. The van der Waals surface area contributed by atoms with Crippen molar-refractivity contribution < 1.29 is 0 Å². The lowest BCUT2D eigenvalue weighted by Crippen LogP contribution is -2.19. The lowest BCUT2D eigenvalue weighted by atomic mass is 9.90. The Morgan fingerprint density at radius 2 is 1.72 bits per heavy atom. The van der Waals surface area contributed by atoms with Gasteiger partial charge in [0.15, 0.2) is 0 Å². The Morgan fingerprint density at radius 1 is 1.11 bits per heavy atom. The van der Waals surface area contributed by atoms with Crippen molar-refractivity contribution in [1.29, 1.82) is 0 Å². The van der Waals surface area contributed by atoms with E-state index in [1.54, 1.807) is 0 Å². The highest BCUT2D eigenvalue weighted by Crippen LogP contribution is 2.39. The molecule has 1 fully saturated rings. The van der Waals surface area contributed by atoms with E-state index in [4.69, 9.17) is 5.73 Å². The van der Waals surface area contributed by atoms with E-state index in [-0.39, 0.29) is 6.04 Å². The zero-order chi connectivity index (χ0) is 13.1. The highest BCUT2D eigenvalue weighted by atomic mass is 14.7. The van der Waals surface area contributed by atoms with E-state index < -0.39 is 0 Å². The summed E-state index contributed by atoms with van der Waals surface area (Å²) < 4.78 is 0. The molecule has 3 unspecified atom stereocenters. The normalized spacial score (nSPS) is 25.6. The molecule has 2 N–H and O–H groups in total. The van der Waals surface area contributed by atoms with Crippen LogP contribution in [0, 0.1) is 11.8 Å². The average molecular weight is 245 g/mol. The first-order valence-corrected chi connectivity index (χ1v) is 7.47. The first-order valence-electron chi connectivity index (χ1n) is 7.47. The smallest absolute Gasteiger partial charge is 0.0323 e. The lowest BCUT2D eigenvalue weighted by Gasteiger charge is -2.20. The van der Waals surface area contributed by atoms with Gasteiger partial charge in [-0.3, -0.25) is 0 Å². The van der Waals surface area contributed by atoms with Crippen molar-refractivity contribution in [2.75, 3.05) is 0 Å². The summed E-state index contributed by atoms with van der Waals surface area (Å²) in [6.45, 7) is 6.77. The topological polar surface area (TPSA) is 26.0 Å². The SMILES string of the molecule is CCC1CCC(C(N)c2ccc(C(C)C)cc2)C1. The van der Waals surface area contributed by atoms with Crippen LogP contribution in [0.5, 0.6) is 0 Å². The maximum absolute atomic E-state index is 6.44. The van der Waals surface area contributed by atoms with Gasteiger partial charge in [-0.1, -0.05) is 57.9 Å². The van der Waals surface area contributed by atoms with E-state index in [2.05, 4.69) is 45.0 Å². The van der Waals surface area contributed by atoms with E-state index in [9.17, 15) is 0 Å². The quantitative estimate of drug-likeness (QED) is 0.822. The molecule has 0 amide bonds. The van der Waals surface area contributed by atoms with Crippen molar-refractivity contribution in [1.82, 2.24) is 0 Å². The second kappa shape index (κ2) is 5.88. The summed E-state index contributed by atoms with van der Waals surface area (Å²) in [7, 11) is 0. The molecule has 2 rings (SSSR count). The monoisotopic (exact) mass is 245 g/mol. The van der Waals surface area contributed by atoms with Crippen LogP contribution < -0.4 is 5.73 Å². The molecular formula is C17H27N. The zero-order valence-corrected chi connectivity index (χ0v) is 12.0. The second-order valence-corrected chi connectivity index (χ2v) is 6.19. The standard InChI is InChI=1S/C17H27N/c1-4-13-5-6-16(11-13)17(18)15-9-7-14(8-10-15)12(2)3/h7-10,12-13,16-17H,4-6,11,18H2,1-3H3. The van der Waals surface area contributed by atoms with Gasteiger partial charge in [0.25, 0.3) is 0 Å². The molecule has 1 aliphatic carbocycles. The molecule has 0 radical (unpaired) electrons. The van der Waals surface area contributed by atoms with Crippen LogP contribution in [0.25, 0.3) is 0 Å². The van der Waals surface area contributed by atoms with Crippen molar-refractivity contribution >= 4 is 0 Å². The summed E-state index contributed by atoms with van der Waals surface area (Å²) in [6, 6.07) is 9.19. The van der Waals surface area contributed by atoms with Crippen LogP contribution in [-0.2, 0) is 0 Å². The van der Waals surface area contributed by atoms with E-state index in [0.717, 1.165) is 5.92 Å². The second-order valence-electron chi connectivity index (χ2n) is 6.19. The minimum Gasteiger partial charge on any atom is -0.324 e. The summed E-state index contributed by atoms with van der Waals surface area (Å²) >= 11 is 0. The number of hydrogen-bond donors (Lipinski definition) is 1. The largest absolute Gasteiger partial charge is 0.324 e. The van der Waals surface area contributed by atoms with Crippen LogP contribution in [0.1, 0.15) is 69.5 Å². The fourth-order valence-electron chi connectivity index (χ4n) is 3.19. The minimum atomic E-state index is 0.239. The lowest BCUT2D eigenvalue weighted by molar-refractivity contribution is 0.416. The molecule has 3 atom stereocenters. The van der Waals surface area contributed by atoms with Crippen molar-refractivity contribution in [3.8, 4) is 0 Å². The summed E-state index contributed by atoms with van der Waals surface area (Å²) in [5.41, 5.74) is 9.17. The van der Waals surface area contributed by atoms with Crippen LogP contribution in [0.4, 0.5) is 0 Å². The van der Waals surface area contributed by atoms with Crippen molar-refractivity contribution in [3.63, 3.8) is 0 Å². The number of hydrogen-bond acceptors (Lipinski definition) is 1. The van der Waals surface area contributed by atoms with Crippen LogP contribution in [0.3, 0.4) is 0 Å². The van der Waals surface area contributed by atoms with Gasteiger partial charge in [-0.05, 0) is 41.7 Å². The summed E-state index contributed by atoms with van der Waals surface area (Å²) in [4.78, 5) is 0. The summed E-state index contributed by atoms with van der Waals surface area (Å²) in [5.74, 6) is 2.21. The van der Waals surface area contributed by atoms with E-state index in [1.807, 2.05) is 0 Å². The van der Waals surface area contributed by atoms with Crippen molar-refractivity contribution in [2.24, 2.45) is 17.6 Å². The molecule has 1 saturated carbocycles. The third-order valence-electron chi connectivity index (χ3n) is 4.66. The van der Waals surface area contributed by atoms with Gasteiger partial charge in [-0.15, -0.1) is 0 Å². The Labute approximate surface area is 112 Å². The highest BCUT2D eigenvalue weighted by Gasteiger charge is 2.28. The fraction of sp³-hybridized carbons (Fsp3) is 0.647. The first-order chi connectivity index (χ1) is 8.61. The molecule has 1 aromatic rings. The zero-order valence-electron chi connectivity index (χ0n) is 12.0. The van der Waals surface area contributed by atoms with E-state index in [1.165, 1.54) is 36.8 Å². The van der Waals surface area contributed by atoms with E-state index in [0.29, 0.717) is 11.8 Å². The number of rotatable bonds is 4. The Balaban J connectivity index is 2.02. The predicted molar refractivity (Wildman–Crippen MR) is 78.6 cm³/mol. The summed E-state index contributed by atoms with van der Waals surface area (Å²) in [5, 5.41) is 0. The molecule has 0 bridgehead atoms. The molecule has 1 heteroatoms. The van der Waals surface area contributed by atoms with Gasteiger partial charge in [-0.25, -0.2) is 0 Å². The van der Waals surface area contributed by atoms with Crippen LogP contribution in [-0.4, -0.2) is 0 Å². The molecule has 0 aliphatic heterocycles. The predicted octanol–water partition coefficient (Wildman–Crippen LogP) is 4.64. The van der Waals surface area contributed by atoms with Gasteiger partial charge in [0.2, 0.25) is 0 Å². The third kappa shape index (κ3) is 2.95. The van der Waals surface area contributed by atoms with Gasteiger partial charge in [0, 0.05) is 6.04 Å². The van der Waals surface area contributed by atoms with Gasteiger partial charge >= 0.3 is 0 Å². The molecule has 0 saturated heterocycles. The van der Waals surface area contributed by atoms with Gasteiger partial charge in [0.1, 0.15) is 0 Å². The Hall–Kier alpha value is -0.820. The maximum Gasteiger partial charge on any atom is 0.0323 e. The summed E-state index contributed by atoms with van der Waals surface area (Å²) in [6.07, 6.45) is 5.32. The number of benzene rings is 1. The van der Waals surface area contributed by atoms with Gasteiger partial charge in [-0.2, -0.15) is 0 Å². The molecule has 1 nitrogen and oxygen atoms in total. The fourth-order valence-corrected chi connectivity index (χ4v) is 3.19. The van der Waals surface area contributed by atoms with Crippen molar-refractivity contribution in [3.05, 3.63) is 35.4 Å². The maximum atomic E-state index is 6.44. The Bertz CT molecular complexity index is 366. The third-order valence-corrected chi connectivity index (χ3v) is 4.66. The molecule has 0 aromatic heterocycles. The molecule has 1 aliphatic rings. The first kappa shape index (κ1) is 13.6. The molecule has 0 heterocycles. The minimum absolute atomic E-state index is 0.239. The molecule has 0 spiro atoms. The van der Waals surface area contributed by atoms with Gasteiger partial charge in [0.05, 0.1) is 0 Å². The van der Waals surface area contributed by atoms with Crippen molar-refractivity contribution in [2.45, 2.75) is 58.4 Å². The Kier molecular flexibility index (Phi) is 4.45. The van der Waals surface area contributed by atoms with Crippen LogP contribution >= 0.6 is 0 Å². The average Bonchev–Trinajstić information content (AvgIpc) is 2.86. The highest BCUT2D eigenvalue weighted by molar-refractivity contribution is 5.27. The van der Waals surface area contributed by atoms with E-state index >= 15 is 0 Å². The molecule has 100 valence electrons. The van der Waals surface area contributed by atoms with Crippen LogP contribution in [0.15, 0.2) is 24.3 Å².